The molecule has 1 N–H and O–H groups in total. The minimum absolute atomic E-state index is 0.102. The highest BCUT2D eigenvalue weighted by Gasteiger charge is 2.37. The van der Waals surface area contributed by atoms with E-state index >= 15 is 0 Å². The van der Waals surface area contributed by atoms with Gasteiger partial charge in [-0.2, -0.15) is 0 Å². The van der Waals surface area contributed by atoms with Crippen molar-refractivity contribution in [1.82, 2.24) is 4.90 Å². The Kier molecular flexibility index (Phi) is 4.61. The van der Waals surface area contributed by atoms with Crippen LogP contribution in [0.3, 0.4) is 0 Å². The molecule has 0 aromatic heterocycles. The number of sulfone groups is 1. The predicted molar refractivity (Wildman–Crippen MR) is 89.8 cm³/mol. The summed E-state index contributed by atoms with van der Waals surface area (Å²) in [6.07, 6.45) is 0.992. The van der Waals surface area contributed by atoms with Gasteiger partial charge in [0.25, 0.3) is 0 Å². The molecule has 1 unspecified atom stereocenters. The lowest BCUT2D eigenvalue weighted by atomic mass is 10.0. The third kappa shape index (κ3) is 3.96. The third-order valence-electron chi connectivity index (χ3n) is 4.07. The second-order valence-electron chi connectivity index (χ2n) is 6.98. The zero-order valence-corrected chi connectivity index (χ0v) is 14.8. The predicted octanol–water partition coefficient (Wildman–Crippen LogP) is 2.45. The van der Waals surface area contributed by atoms with E-state index in [1.54, 1.807) is 18.2 Å². The van der Waals surface area contributed by atoms with E-state index < -0.39 is 21.5 Å². The largest absolute Gasteiger partial charge is 0.465 e. The van der Waals surface area contributed by atoms with Crippen molar-refractivity contribution in [2.24, 2.45) is 0 Å². The van der Waals surface area contributed by atoms with E-state index in [1.807, 2.05) is 31.7 Å². The van der Waals surface area contributed by atoms with E-state index in [0.29, 0.717) is 13.1 Å². The van der Waals surface area contributed by atoms with E-state index in [-0.39, 0.29) is 10.9 Å². The Labute approximate surface area is 137 Å². The van der Waals surface area contributed by atoms with Crippen LogP contribution in [-0.2, 0) is 9.84 Å². The van der Waals surface area contributed by atoms with Gasteiger partial charge in [-0.1, -0.05) is 6.07 Å². The van der Waals surface area contributed by atoms with Gasteiger partial charge >= 0.3 is 6.09 Å². The maximum Gasteiger partial charge on any atom is 0.408 e. The molecule has 7 heteroatoms. The van der Waals surface area contributed by atoms with Crippen molar-refractivity contribution in [3.8, 4) is 0 Å². The number of benzene rings is 1. The number of carbonyl (C=O) groups is 1. The van der Waals surface area contributed by atoms with E-state index in [1.165, 1.54) is 11.2 Å². The Morgan fingerprint density at radius 2 is 2.00 bits per heavy atom. The summed E-state index contributed by atoms with van der Waals surface area (Å²) in [6, 6.07) is 6.71. The van der Waals surface area contributed by atoms with Gasteiger partial charge in [0.05, 0.1) is 10.9 Å². The van der Waals surface area contributed by atoms with Gasteiger partial charge in [-0.05, 0) is 45.4 Å². The van der Waals surface area contributed by atoms with Crippen LogP contribution in [0.5, 0.6) is 0 Å². The molecule has 1 fully saturated rings. The Morgan fingerprint density at radius 3 is 2.52 bits per heavy atom. The maximum absolute atomic E-state index is 11.7. The van der Waals surface area contributed by atoms with Crippen molar-refractivity contribution in [2.45, 2.75) is 43.7 Å². The van der Waals surface area contributed by atoms with Crippen LogP contribution in [-0.4, -0.2) is 55.4 Å². The van der Waals surface area contributed by atoms with Crippen LogP contribution in [0.2, 0.25) is 0 Å². The van der Waals surface area contributed by atoms with Gasteiger partial charge in [0.15, 0.2) is 9.84 Å². The summed E-state index contributed by atoms with van der Waals surface area (Å²) < 4.78 is 23.4. The molecule has 1 heterocycles. The molecule has 1 amide bonds. The van der Waals surface area contributed by atoms with Crippen molar-refractivity contribution in [1.29, 1.82) is 0 Å². The molecule has 0 bridgehead atoms. The summed E-state index contributed by atoms with van der Waals surface area (Å²) in [5, 5.41) is 9.50. The minimum atomic E-state index is -3.25. The minimum Gasteiger partial charge on any atom is -0.465 e. The molecule has 1 aliphatic heterocycles. The third-order valence-corrected chi connectivity index (χ3v) is 5.18. The molecule has 1 aliphatic rings. The lowest BCUT2D eigenvalue weighted by Crippen LogP contribution is -2.52. The van der Waals surface area contributed by atoms with Crippen molar-refractivity contribution < 1.29 is 18.3 Å². The zero-order valence-electron chi connectivity index (χ0n) is 14.0. The van der Waals surface area contributed by atoms with Crippen molar-refractivity contribution in [3.63, 3.8) is 0 Å². The van der Waals surface area contributed by atoms with E-state index in [4.69, 9.17) is 0 Å². The van der Waals surface area contributed by atoms with Gasteiger partial charge < -0.3 is 10.0 Å². The van der Waals surface area contributed by atoms with Crippen LogP contribution in [0.15, 0.2) is 29.2 Å². The van der Waals surface area contributed by atoms with Crippen LogP contribution in [0.4, 0.5) is 10.5 Å². The number of nitrogens with zero attached hydrogens (tertiary/aromatic N) is 2. The Bertz CT molecular complexity index is 694. The number of hydrogen-bond donors (Lipinski definition) is 1. The molecule has 1 atom stereocenters. The average Bonchev–Trinajstić information content (AvgIpc) is 2.85. The molecule has 0 spiro atoms. The van der Waals surface area contributed by atoms with Crippen LogP contribution < -0.4 is 4.90 Å². The Balaban J connectivity index is 2.22. The van der Waals surface area contributed by atoms with Gasteiger partial charge in [-0.15, -0.1) is 0 Å². The summed E-state index contributed by atoms with van der Waals surface area (Å²) in [4.78, 5) is 15.4. The molecule has 0 saturated carbocycles. The van der Waals surface area contributed by atoms with E-state index in [9.17, 15) is 18.3 Å². The molecule has 128 valence electrons. The number of carboxylic acid groups (broad SMARTS) is 1. The van der Waals surface area contributed by atoms with E-state index in [2.05, 4.69) is 0 Å². The first-order valence-electron chi connectivity index (χ1n) is 7.57. The molecule has 1 aromatic carbocycles. The molecule has 1 saturated heterocycles. The van der Waals surface area contributed by atoms with Crippen molar-refractivity contribution >= 4 is 21.6 Å². The monoisotopic (exact) mass is 340 g/mol. The number of hydrogen-bond acceptors (Lipinski definition) is 4. The topological polar surface area (TPSA) is 77.9 Å². The van der Waals surface area contributed by atoms with Gasteiger partial charge in [0, 0.05) is 30.6 Å². The maximum atomic E-state index is 11.7. The Hall–Kier alpha value is -1.76. The second kappa shape index (κ2) is 6.03. The summed E-state index contributed by atoms with van der Waals surface area (Å²) in [5.74, 6) is 0. The van der Waals surface area contributed by atoms with Crippen molar-refractivity contribution in [3.05, 3.63) is 24.3 Å². The number of amides is 1. The van der Waals surface area contributed by atoms with Gasteiger partial charge in [-0.3, -0.25) is 4.90 Å². The normalized spacial score (nSPS) is 19.0. The lowest BCUT2D eigenvalue weighted by Gasteiger charge is -2.38. The van der Waals surface area contributed by atoms with Crippen LogP contribution in [0, 0.1) is 0 Å². The first kappa shape index (κ1) is 17.6. The number of rotatable bonds is 3. The smallest absolute Gasteiger partial charge is 0.408 e. The molecule has 2 rings (SSSR count). The Morgan fingerprint density at radius 1 is 1.35 bits per heavy atom. The standard InChI is InChI=1S/C16H24N2O4S/c1-16(2,3)18(15(19)20)13-8-9-17(11-13)12-6-5-7-14(10-12)23(4,21)22/h5-7,10,13H,8-9,11H2,1-4H3,(H,19,20). The second-order valence-corrected chi connectivity index (χ2v) is 9.00. The highest BCUT2D eigenvalue weighted by atomic mass is 32.2. The molecule has 0 aliphatic carbocycles. The first-order valence-corrected chi connectivity index (χ1v) is 9.46. The summed E-state index contributed by atoms with van der Waals surface area (Å²) >= 11 is 0. The van der Waals surface area contributed by atoms with Crippen LogP contribution >= 0.6 is 0 Å². The summed E-state index contributed by atoms with van der Waals surface area (Å²) in [6.45, 7) is 6.92. The highest BCUT2D eigenvalue weighted by Crippen LogP contribution is 2.28. The molecule has 23 heavy (non-hydrogen) atoms. The van der Waals surface area contributed by atoms with Crippen LogP contribution in [0.25, 0.3) is 0 Å². The summed E-state index contributed by atoms with van der Waals surface area (Å²) in [5.41, 5.74) is 0.343. The molecular formula is C16H24N2O4S. The van der Waals surface area contributed by atoms with Gasteiger partial charge in [-0.25, -0.2) is 13.2 Å². The van der Waals surface area contributed by atoms with Crippen molar-refractivity contribution in [2.75, 3.05) is 24.2 Å². The van der Waals surface area contributed by atoms with Crippen LogP contribution in [0.1, 0.15) is 27.2 Å². The molecule has 1 aromatic rings. The fourth-order valence-corrected chi connectivity index (χ4v) is 3.75. The fourth-order valence-electron chi connectivity index (χ4n) is 3.09. The molecular weight excluding hydrogens is 316 g/mol. The molecule has 0 radical (unpaired) electrons. The van der Waals surface area contributed by atoms with Gasteiger partial charge in [0.2, 0.25) is 0 Å². The number of anilines is 1. The van der Waals surface area contributed by atoms with E-state index in [0.717, 1.165) is 12.1 Å². The average molecular weight is 340 g/mol. The quantitative estimate of drug-likeness (QED) is 0.914. The first-order chi connectivity index (χ1) is 10.5. The van der Waals surface area contributed by atoms with Gasteiger partial charge in [0.1, 0.15) is 0 Å². The lowest BCUT2D eigenvalue weighted by molar-refractivity contribution is 0.0763. The fraction of sp³-hybridized carbons (Fsp3) is 0.562. The SMILES string of the molecule is CC(C)(C)N(C(=O)O)C1CCN(c2cccc(S(C)(=O)=O)c2)C1. The highest BCUT2D eigenvalue weighted by molar-refractivity contribution is 7.90. The molecule has 6 nitrogen and oxygen atoms in total. The zero-order chi connectivity index (χ0) is 17.4. The summed E-state index contributed by atoms with van der Waals surface area (Å²) in [7, 11) is -3.25.